The van der Waals surface area contributed by atoms with Gasteiger partial charge in [0, 0.05) is 5.56 Å². The molecular weight excluding hydrogens is 230 g/mol. The van der Waals surface area contributed by atoms with E-state index in [1.165, 1.54) is 0 Å². The van der Waals surface area contributed by atoms with Gasteiger partial charge in [0.25, 0.3) is 0 Å². The monoisotopic (exact) mass is 249 g/mol. The Morgan fingerprint density at radius 3 is 2.56 bits per heavy atom. The first-order valence-electron chi connectivity index (χ1n) is 6.23. The summed E-state index contributed by atoms with van der Waals surface area (Å²) in [5, 5.41) is 3.22. The molecule has 4 nitrogen and oxygen atoms in total. The van der Waals surface area contributed by atoms with Crippen molar-refractivity contribution in [1.82, 2.24) is 5.32 Å². The normalized spacial score (nSPS) is 18.4. The smallest absolute Gasteiger partial charge is 0.180 e. The van der Waals surface area contributed by atoms with E-state index in [4.69, 9.17) is 9.47 Å². The maximum atomic E-state index is 12.3. The fourth-order valence-electron chi connectivity index (χ4n) is 2.42. The van der Waals surface area contributed by atoms with E-state index in [2.05, 4.69) is 5.32 Å². The lowest BCUT2D eigenvalue weighted by Gasteiger charge is -2.25. The first-order valence-corrected chi connectivity index (χ1v) is 6.23. The van der Waals surface area contributed by atoms with Crippen LogP contribution in [0.5, 0.6) is 11.5 Å². The molecule has 0 heterocycles. The molecule has 0 radical (unpaired) electrons. The van der Waals surface area contributed by atoms with Crippen LogP contribution in [0.25, 0.3) is 0 Å². The molecule has 98 valence electrons. The molecule has 0 fully saturated rings. The van der Waals surface area contributed by atoms with Gasteiger partial charge in [0.05, 0.1) is 20.3 Å². The number of aryl methyl sites for hydroxylation is 1. The zero-order valence-electron chi connectivity index (χ0n) is 11.1. The molecule has 0 amide bonds. The maximum absolute atomic E-state index is 12.3. The van der Waals surface area contributed by atoms with Crippen LogP contribution in [0.15, 0.2) is 12.1 Å². The van der Waals surface area contributed by atoms with Gasteiger partial charge in [0.2, 0.25) is 0 Å². The summed E-state index contributed by atoms with van der Waals surface area (Å²) >= 11 is 0. The Labute approximate surface area is 107 Å². The van der Waals surface area contributed by atoms with Gasteiger partial charge < -0.3 is 14.8 Å². The summed E-state index contributed by atoms with van der Waals surface area (Å²) in [5.41, 5.74) is 1.80. The number of carbonyl (C=O) groups excluding carboxylic acids is 1. The molecule has 0 saturated heterocycles. The molecule has 0 bridgehead atoms. The molecule has 1 aliphatic rings. The average Bonchev–Trinajstić information content (AvgIpc) is 2.41. The third-order valence-corrected chi connectivity index (χ3v) is 3.34. The SMILES string of the molecule is CCNC1CCc2cc(OC)c(OC)cc2C1=O. The summed E-state index contributed by atoms with van der Waals surface area (Å²) < 4.78 is 10.5. The molecule has 18 heavy (non-hydrogen) atoms. The lowest BCUT2D eigenvalue weighted by molar-refractivity contribution is 0.0928. The van der Waals surface area contributed by atoms with Crippen LogP contribution in [-0.4, -0.2) is 32.6 Å². The van der Waals surface area contributed by atoms with Crippen LogP contribution in [0.1, 0.15) is 29.3 Å². The molecule has 1 unspecified atom stereocenters. The van der Waals surface area contributed by atoms with Gasteiger partial charge in [0.15, 0.2) is 17.3 Å². The summed E-state index contributed by atoms with van der Waals surface area (Å²) in [4.78, 5) is 12.3. The van der Waals surface area contributed by atoms with Crippen LogP contribution in [0.3, 0.4) is 0 Å². The van der Waals surface area contributed by atoms with Gasteiger partial charge in [-0.3, -0.25) is 4.79 Å². The summed E-state index contributed by atoms with van der Waals surface area (Å²) in [6.45, 7) is 2.82. The lowest BCUT2D eigenvalue weighted by atomic mass is 9.86. The largest absolute Gasteiger partial charge is 0.493 e. The molecule has 2 rings (SSSR count). The standard InChI is InChI=1S/C14H19NO3/c1-4-15-11-6-5-9-7-12(17-2)13(18-3)8-10(9)14(11)16/h7-8,11,15H,4-6H2,1-3H3. The predicted molar refractivity (Wildman–Crippen MR) is 69.7 cm³/mol. The van der Waals surface area contributed by atoms with Gasteiger partial charge in [-0.2, -0.15) is 0 Å². The predicted octanol–water partition coefficient (Wildman–Crippen LogP) is 1.81. The Morgan fingerprint density at radius 2 is 1.94 bits per heavy atom. The van der Waals surface area contributed by atoms with Crippen LogP contribution in [0.2, 0.25) is 0 Å². The van der Waals surface area contributed by atoms with Gasteiger partial charge in [-0.25, -0.2) is 0 Å². The second-order valence-corrected chi connectivity index (χ2v) is 4.38. The quantitative estimate of drug-likeness (QED) is 0.884. The third kappa shape index (κ3) is 2.20. The van der Waals surface area contributed by atoms with Crippen molar-refractivity contribution in [3.05, 3.63) is 23.3 Å². The van der Waals surface area contributed by atoms with Gasteiger partial charge in [0.1, 0.15) is 0 Å². The van der Waals surface area contributed by atoms with E-state index < -0.39 is 0 Å². The van der Waals surface area contributed by atoms with E-state index >= 15 is 0 Å². The first-order chi connectivity index (χ1) is 8.71. The number of hydrogen-bond donors (Lipinski definition) is 1. The van der Waals surface area contributed by atoms with Crippen molar-refractivity contribution in [1.29, 1.82) is 0 Å². The molecule has 1 N–H and O–H groups in total. The van der Waals surface area contributed by atoms with Crippen molar-refractivity contribution in [3.63, 3.8) is 0 Å². The number of ether oxygens (including phenoxy) is 2. The molecule has 1 aliphatic carbocycles. The molecular formula is C14H19NO3. The van der Waals surface area contributed by atoms with Crippen LogP contribution in [-0.2, 0) is 6.42 Å². The van der Waals surface area contributed by atoms with Crippen LogP contribution in [0, 0.1) is 0 Å². The zero-order valence-corrected chi connectivity index (χ0v) is 11.1. The Bertz CT molecular complexity index is 457. The van der Waals surface area contributed by atoms with Crippen LogP contribution in [0.4, 0.5) is 0 Å². The first kappa shape index (κ1) is 12.9. The lowest BCUT2D eigenvalue weighted by Crippen LogP contribution is -2.40. The number of Topliss-reactive ketones (excluding diaryl/α,β-unsaturated/α-hetero) is 1. The highest BCUT2D eigenvalue weighted by Crippen LogP contribution is 2.34. The van der Waals surface area contributed by atoms with E-state index in [1.54, 1.807) is 20.3 Å². The van der Waals surface area contributed by atoms with Gasteiger partial charge in [-0.15, -0.1) is 0 Å². The van der Waals surface area contributed by atoms with E-state index in [0.29, 0.717) is 11.5 Å². The van der Waals surface area contributed by atoms with Crippen molar-refractivity contribution in [2.45, 2.75) is 25.8 Å². The van der Waals surface area contributed by atoms with Crippen molar-refractivity contribution in [2.24, 2.45) is 0 Å². The molecule has 1 atom stereocenters. The topological polar surface area (TPSA) is 47.6 Å². The van der Waals surface area contributed by atoms with Crippen LogP contribution >= 0.6 is 0 Å². The molecule has 0 aliphatic heterocycles. The number of likely N-dealkylation sites (N-methyl/N-ethyl adjacent to an activating group) is 1. The van der Waals surface area contributed by atoms with Gasteiger partial charge >= 0.3 is 0 Å². The highest BCUT2D eigenvalue weighted by Gasteiger charge is 2.28. The molecule has 0 spiro atoms. The van der Waals surface area contributed by atoms with Crippen molar-refractivity contribution in [3.8, 4) is 11.5 Å². The van der Waals surface area contributed by atoms with E-state index in [-0.39, 0.29) is 11.8 Å². The minimum atomic E-state index is -0.0689. The van der Waals surface area contributed by atoms with Gasteiger partial charge in [-0.1, -0.05) is 6.92 Å². The number of benzene rings is 1. The third-order valence-electron chi connectivity index (χ3n) is 3.34. The second kappa shape index (κ2) is 5.40. The summed E-state index contributed by atoms with van der Waals surface area (Å²) in [5.74, 6) is 1.45. The summed E-state index contributed by atoms with van der Waals surface area (Å²) in [6, 6.07) is 3.63. The van der Waals surface area contributed by atoms with Crippen LogP contribution < -0.4 is 14.8 Å². The average molecular weight is 249 g/mol. The molecule has 1 aromatic rings. The molecule has 1 aromatic carbocycles. The Kier molecular flexibility index (Phi) is 3.87. The van der Waals surface area contributed by atoms with Crippen molar-refractivity contribution < 1.29 is 14.3 Å². The van der Waals surface area contributed by atoms with Gasteiger partial charge in [-0.05, 0) is 37.1 Å². The number of methoxy groups -OCH3 is 2. The minimum Gasteiger partial charge on any atom is -0.493 e. The fourth-order valence-corrected chi connectivity index (χ4v) is 2.42. The number of ketones is 1. The highest BCUT2D eigenvalue weighted by atomic mass is 16.5. The number of hydrogen-bond acceptors (Lipinski definition) is 4. The number of rotatable bonds is 4. The summed E-state index contributed by atoms with van der Waals surface area (Å²) in [6.07, 6.45) is 1.73. The van der Waals surface area contributed by atoms with E-state index in [0.717, 1.165) is 30.5 Å². The Balaban J connectivity index is 2.39. The van der Waals surface area contributed by atoms with E-state index in [1.807, 2.05) is 13.0 Å². The number of nitrogens with one attached hydrogen (secondary N) is 1. The number of fused-ring (bicyclic) bond motifs is 1. The van der Waals surface area contributed by atoms with E-state index in [9.17, 15) is 4.79 Å². The Hall–Kier alpha value is -1.55. The second-order valence-electron chi connectivity index (χ2n) is 4.38. The minimum absolute atomic E-state index is 0.0689. The zero-order chi connectivity index (χ0) is 13.1. The number of carbonyl (C=O) groups is 1. The molecule has 0 aromatic heterocycles. The Morgan fingerprint density at radius 1 is 1.28 bits per heavy atom. The molecule has 0 saturated carbocycles. The molecule has 4 heteroatoms. The summed E-state index contributed by atoms with van der Waals surface area (Å²) in [7, 11) is 3.19. The highest BCUT2D eigenvalue weighted by molar-refractivity contribution is 6.03. The maximum Gasteiger partial charge on any atom is 0.180 e. The van der Waals surface area contributed by atoms with Crippen molar-refractivity contribution >= 4 is 5.78 Å². The van der Waals surface area contributed by atoms with Crippen molar-refractivity contribution in [2.75, 3.05) is 20.8 Å². The fraction of sp³-hybridized carbons (Fsp3) is 0.500.